The van der Waals surface area contributed by atoms with Crippen LogP contribution in [0.15, 0.2) is 30.6 Å². The number of hydrogen-bond donors (Lipinski definition) is 3. The molecular weight excluding hydrogens is 284 g/mol. The Labute approximate surface area is 137 Å². The fourth-order valence-electron chi connectivity index (χ4n) is 3.05. The van der Waals surface area contributed by atoms with Crippen molar-refractivity contribution < 1.29 is 0 Å². The zero-order chi connectivity index (χ0) is 16.4. The third kappa shape index (κ3) is 3.48. The minimum atomic E-state index is 0.0994. The molecule has 3 aromatic rings. The normalized spacial score (nSPS) is 12.2. The van der Waals surface area contributed by atoms with Crippen molar-refractivity contribution in [3.05, 3.63) is 53.0 Å². The number of aromatic amines is 2. The number of nitrogens with one attached hydrogen (secondary N) is 3. The Balaban J connectivity index is 1.59. The molecule has 3 N–H and O–H groups in total. The van der Waals surface area contributed by atoms with Crippen molar-refractivity contribution in [2.24, 2.45) is 0 Å². The van der Waals surface area contributed by atoms with E-state index in [1.54, 1.807) is 0 Å². The first-order valence-electron chi connectivity index (χ1n) is 8.25. The lowest BCUT2D eigenvalue weighted by atomic mass is 9.89. The number of aryl methyl sites for hydroxylation is 1. The maximum Gasteiger partial charge on any atom is 0.0535 e. The standard InChI is InChI=1S/C19H26N4/c1-13-5-6-16-14(11-21-17(16)9-13)7-8-20-10-15-12-22-23-18(15)19(2,3)4/h5-6,9,11-12,20-21H,7-8,10H2,1-4H3,(H,22,23). The molecule has 0 aliphatic heterocycles. The Bertz CT molecular complexity index is 789. The molecule has 0 atom stereocenters. The molecule has 0 saturated heterocycles. The highest BCUT2D eigenvalue weighted by Crippen LogP contribution is 2.23. The van der Waals surface area contributed by atoms with E-state index in [1.165, 1.54) is 33.3 Å². The molecule has 4 nitrogen and oxygen atoms in total. The molecule has 1 aromatic carbocycles. The second-order valence-corrected chi connectivity index (χ2v) is 7.31. The van der Waals surface area contributed by atoms with E-state index in [4.69, 9.17) is 0 Å². The number of fused-ring (bicyclic) bond motifs is 1. The van der Waals surface area contributed by atoms with E-state index < -0.39 is 0 Å². The third-order valence-electron chi connectivity index (χ3n) is 4.28. The summed E-state index contributed by atoms with van der Waals surface area (Å²) in [5.74, 6) is 0. The summed E-state index contributed by atoms with van der Waals surface area (Å²) in [6, 6.07) is 6.59. The predicted octanol–water partition coefficient (Wildman–Crippen LogP) is 3.83. The van der Waals surface area contributed by atoms with Gasteiger partial charge in [-0.05, 0) is 37.1 Å². The van der Waals surface area contributed by atoms with Crippen molar-refractivity contribution in [3.63, 3.8) is 0 Å². The van der Waals surface area contributed by atoms with Crippen LogP contribution >= 0.6 is 0 Å². The van der Waals surface area contributed by atoms with Gasteiger partial charge >= 0.3 is 0 Å². The van der Waals surface area contributed by atoms with Gasteiger partial charge in [-0.25, -0.2) is 0 Å². The second-order valence-electron chi connectivity index (χ2n) is 7.31. The van der Waals surface area contributed by atoms with Crippen LogP contribution in [-0.4, -0.2) is 21.7 Å². The molecule has 4 heteroatoms. The quantitative estimate of drug-likeness (QED) is 0.627. The summed E-state index contributed by atoms with van der Waals surface area (Å²) in [4.78, 5) is 3.37. The molecule has 0 radical (unpaired) electrons. The van der Waals surface area contributed by atoms with Crippen molar-refractivity contribution in [1.29, 1.82) is 0 Å². The molecule has 122 valence electrons. The average Bonchev–Trinajstić information content (AvgIpc) is 3.09. The van der Waals surface area contributed by atoms with Crippen LogP contribution in [0.3, 0.4) is 0 Å². The summed E-state index contributed by atoms with van der Waals surface area (Å²) < 4.78 is 0. The van der Waals surface area contributed by atoms with Crippen molar-refractivity contribution in [1.82, 2.24) is 20.5 Å². The smallest absolute Gasteiger partial charge is 0.0535 e. The van der Waals surface area contributed by atoms with E-state index in [1.807, 2.05) is 6.20 Å². The Morgan fingerprint density at radius 2 is 2.00 bits per heavy atom. The zero-order valence-electron chi connectivity index (χ0n) is 14.5. The predicted molar refractivity (Wildman–Crippen MR) is 95.7 cm³/mol. The maximum atomic E-state index is 4.20. The van der Waals surface area contributed by atoms with E-state index in [0.717, 1.165) is 19.5 Å². The third-order valence-corrected chi connectivity index (χ3v) is 4.28. The molecule has 2 aromatic heterocycles. The van der Waals surface area contributed by atoms with Crippen LogP contribution in [0.2, 0.25) is 0 Å². The van der Waals surface area contributed by atoms with E-state index in [0.29, 0.717) is 0 Å². The number of H-pyrrole nitrogens is 2. The lowest BCUT2D eigenvalue weighted by Crippen LogP contribution is -2.20. The van der Waals surface area contributed by atoms with E-state index >= 15 is 0 Å². The van der Waals surface area contributed by atoms with Gasteiger partial charge in [0.15, 0.2) is 0 Å². The molecule has 3 rings (SSSR count). The van der Waals surface area contributed by atoms with Crippen LogP contribution in [0, 0.1) is 6.92 Å². The summed E-state index contributed by atoms with van der Waals surface area (Å²) in [7, 11) is 0. The summed E-state index contributed by atoms with van der Waals surface area (Å²) in [6.45, 7) is 10.5. The Kier molecular flexibility index (Phi) is 4.26. The van der Waals surface area contributed by atoms with Crippen LogP contribution in [0.4, 0.5) is 0 Å². The highest BCUT2D eigenvalue weighted by Gasteiger charge is 2.19. The van der Waals surface area contributed by atoms with Crippen LogP contribution in [0.1, 0.15) is 43.2 Å². The lowest BCUT2D eigenvalue weighted by molar-refractivity contribution is 0.554. The molecule has 0 saturated carbocycles. The molecule has 0 spiro atoms. The Morgan fingerprint density at radius 3 is 2.78 bits per heavy atom. The van der Waals surface area contributed by atoms with Crippen molar-refractivity contribution >= 4 is 10.9 Å². The number of hydrogen-bond acceptors (Lipinski definition) is 2. The van der Waals surface area contributed by atoms with Gasteiger partial charge in [0.25, 0.3) is 0 Å². The number of nitrogens with zero attached hydrogens (tertiary/aromatic N) is 1. The topological polar surface area (TPSA) is 56.5 Å². The number of aromatic nitrogens is 3. The first kappa shape index (κ1) is 15.8. The summed E-state index contributed by atoms with van der Waals surface area (Å²) in [6.07, 6.45) is 5.08. The van der Waals surface area contributed by atoms with Gasteiger partial charge in [0.05, 0.1) is 6.20 Å². The summed E-state index contributed by atoms with van der Waals surface area (Å²) >= 11 is 0. The highest BCUT2D eigenvalue weighted by atomic mass is 15.1. The van der Waals surface area contributed by atoms with Gasteiger partial charge in [-0.15, -0.1) is 0 Å². The zero-order valence-corrected chi connectivity index (χ0v) is 14.5. The first-order valence-corrected chi connectivity index (χ1v) is 8.25. The van der Waals surface area contributed by atoms with Crippen LogP contribution in [0.25, 0.3) is 10.9 Å². The fraction of sp³-hybridized carbons (Fsp3) is 0.421. The van der Waals surface area contributed by atoms with Crippen LogP contribution < -0.4 is 5.32 Å². The van der Waals surface area contributed by atoms with E-state index in [9.17, 15) is 0 Å². The molecule has 0 unspecified atom stereocenters. The molecule has 23 heavy (non-hydrogen) atoms. The van der Waals surface area contributed by atoms with Crippen molar-refractivity contribution in [2.45, 2.75) is 46.1 Å². The van der Waals surface area contributed by atoms with Gasteiger partial charge in [0, 0.05) is 40.3 Å². The summed E-state index contributed by atoms with van der Waals surface area (Å²) in [5, 5.41) is 12.2. The van der Waals surface area contributed by atoms with Crippen molar-refractivity contribution in [2.75, 3.05) is 6.54 Å². The monoisotopic (exact) mass is 310 g/mol. The van der Waals surface area contributed by atoms with Gasteiger partial charge in [-0.1, -0.05) is 32.9 Å². The first-order chi connectivity index (χ1) is 10.9. The van der Waals surface area contributed by atoms with Gasteiger partial charge in [0.1, 0.15) is 0 Å². The molecular formula is C19H26N4. The molecule has 0 bridgehead atoms. The number of rotatable bonds is 5. The van der Waals surface area contributed by atoms with E-state index in [2.05, 4.69) is 72.6 Å². The Morgan fingerprint density at radius 1 is 1.17 bits per heavy atom. The van der Waals surface area contributed by atoms with Gasteiger partial charge in [-0.2, -0.15) is 5.10 Å². The molecule has 0 aliphatic carbocycles. The minimum absolute atomic E-state index is 0.0994. The Hall–Kier alpha value is -2.07. The minimum Gasteiger partial charge on any atom is -0.361 e. The SMILES string of the molecule is Cc1ccc2c(CCNCc3cn[nH]c3C(C)(C)C)c[nH]c2c1. The second kappa shape index (κ2) is 6.20. The number of benzene rings is 1. The van der Waals surface area contributed by atoms with Gasteiger partial charge < -0.3 is 10.3 Å². The van der Waals surface area contributed by atoms with E-state index in [-0.39, 0.29) is 5.41 Å². The maximum absolute atomic E-state index is 4.20. The molecule has 2 heterocycles. The molecule has 0 amide bonds. The van der Waals surface area contributed by atoms with Gasteiger partial charge in [-0.3, -0.25) is 5.10 Å². The molecule has 0 fully saturated rings. The average molecular weight is 310 g/mol. The fourth-order valence-corrected chi connectivity index (χ4v) is 3.05. The van der Waals surface area contributed by atoms with Crippen LogP contribution in [0.5, 0.6) is 0 Å². The van der Waals surface area contributed by atoms with Crippen LogP contribution in [-0.2, 0) is 18.4 Å². The largest absolute Gasteiger partial charge is 0.361 e. The van der Waals surface area contributed by atoms with Gasteiger partial charge in [0.2, 0.25) is 0 Å². The lowest BCUT2D eigenvalue weighted by Gasteiger charge is -2.18. The van der Waals surface area contributed by atoms with Crippen molar-refractivity contribution in [3.8, 4) is 0 Å². The highest BCUT2D eigenvalue weighted by molar-refractivity contribution is 5.83. The molecule has 0 aliphatic rings. The summed E-state index contributed by atoms with van der Waals surface area (Å²) in [5.41, 5.74) is 6.46.